The predicted octanol–water partition coefficient (Wildman–Crippen LogP) is 2.79. The van der Waals surface area contributed by atoms with Gasteiger partial charge in [-0.2, -0.15) is 11.8 Å². The van der Waals surface area contributed by atoms with Crippen LogP contribution >= 0.6 is 35.7 Å². The van der Waals surface area contributed by atoms with Gasteiger partial charge in [-0.15, -0.1) is 24.0 Å². The molecule has 0 bridgehead atoms. The molecule has 0 aromatic rings. The van der Waals surface area contributed by atoms with Crippen molar-refractivity contribution < 1.29 is 0 Å². The van der Waals surface area contributed by atoms with Crippen LogP contribution in [0.4, 0.5) is 0 Å². The summed E-state index contributed by atoms with van der Waals surface area (Å²) in [6.07, 6.45) is 7.37. The van der Waals surface area contributed by atoms with E-state index < -0.39 is 0 Å². The number of unbranched alkanes of at least 4 members (excludes halogenated alkanes) is 1. The number of thioether (sulfide) groups is 1. The first-order valence-corrected chi connectivity index (χ1v) is 9.31. The van der Waals surface area contributed by atoms with Gasteiger partial charge < -0.3 is 10.6 Å². The third-order valence-electron chi connectivity index (χ3n) is 3.74. The summed E-state index contributed by atoms with van der Waals surface area (Å²) in [6.45, 7) is 7.18. The van der Waals surface area contributed by atoms with Crippen molar-refractivity contribution in [2.45, 2.75) is 51.6 Å². The fourth-order valence-electron chi connectivity index (χ4n) is 2.11. The normalized spacial score (nSPS) is 16.5. The molecule has 21 heavy (non-hydrogen) atoms. The monoisotopic (exact) mass is 428 g/mol. The van der Waals surface area contributed by atoms with Gasteiger partial charge >= 0.3 is 0 Å². The Morgan fingerprint density at radius 2 is 2.05 bits per heavy atom. The van der Waals surface area contributed by atoms with Crippen molar-refractivity contribution in [2.75, 3.05) is 38.7 Å². The molecule has 0 radical (unpaired) electrons. The van der Waals surface area contributed by atoms with E-state index in [9.17, 15) is 0 Å². The minimum Gasteiger partial charge on any atom is -0.357 e. The minimum atomic E-state index is 0. The Morgan fingerprint density at radius 1 is 1.33 bits per heavy atom. The van der Waals surface area contributed by atoms with Gasteiger partial charge in [0.2, 0.25) is 0 Å². The van der Waals surface area contributed by atoms with Crippen LogP contribution < -0.4 is 10.6 Å². The Hall–Kier alpha value is 0.310. The molecule has 0 heterocycles. The van der Waals surface area contributed by atoms with Crippen LogP contribution in [0.5, 0.6) is 0 Å². The van der Waals surface area contributed by atoms with Crippen LogP contribution in [0.1, 0.15) is 39.5 Å². The van der Waals surface area contributed by atoms with Crippen molar-refractivity contribution in [3.8, 4) is 0 Å². The largest absolute Gasteiger partial charge is 0.357 e. The summed E-state index contributed by atoms with van der Waals surface area (Å²) < 4.78 is 0. The van der Waals surface area contributed by atoms with E-state index in [-0.39, 0.29) is 24.0 Å². The van der Waals surface area contributed by atoms with Gasteiger partial charge in [-0.3, -0.25) is 9.89 Å². The molecule has 126 valence electrons. The quantitative estimate of drug-likeness (QED) is 0.243. The van der Waals surface area contributed by atoms with Gasteiger partial charge in [-0.25, -0.2) is 0 Å². The number of hydrogen-bond acceptors (Lipinski definition) is 3. The molecule has 1 atom stereocenters. The van der Waals surface area contributed by atoms with E-state index in [2.05, 4.69) is 42.7 Å². The van der Waals surface area contributed by atoms with E-state index >= 15 is 0 Å². The smallest absolute Gasteiger partial charge is 0.191 e. The van der Waals surface area contributed by atoms with Crippen molar-refractivity contribution in [3.63, 3.8) is 0 Å². The second kappa shape index (κ2) is 12.8. The molecule has 1 unspecified atom stereocenters. The summed E-state index contributed by atoms with van der Waals surface area (Å²) in [7, 11) is 2.22. The second-order valence-corrected chi connectivity index (χ2v) is 6.58. The van der Waals surface area contributed by atoms with Gasteiger partial charge in [0, 0.05) is 25.2 Å². The SMILES string of the molecule is CCNC(=NCC(C)N(C)C1CC1)NCCCCSC.I. The Balaban J connectivity index is 0.00000400. The summed E-state index contributed by atoms with van der Waals surface area (Å²) in [5.41, 5.74) is 0. The Morgan fingerprint density at radius 3 is 2.62 bits per heavy atom. The van der Waals surface area contributed by atoms with Crippen LogP contribution in [0, 0.1) is 0 Å². The van der Waals surface area contributed by atoms with Crippen molar-refractivity contribution in [1.29, 1.82) is 0 Å². The number of rotatable bonds is 10. The molecule has 1 fully saturated rings. The number of guanidine groups is 1. The molecule has 0 amide bonds. The Bertz CT molecular complexity index is 285. The molecule has 0 aromatic carbocycles. The number of hydrogen-bond donors (Lipinski definition) is 2. The maximum absolute atomic E-state index is 4.71. The van der Waals surface area contributed by atoms with Crippen LogP contribution in [-0.4, -0.2) is 61.6 Å². The summed E-state index contributed by atoms with van der Waals surface area (Å²) in [5.74, 6) is 2.21. The van der Waals surface area contributed by atoms with E-state index in [1.54, 1.807) is 0 Å². The predicted molar refractivity (Wildman–Crippen MR) is 107 cm³/mol. The lowest BCUT2D eigenvalue weighted by molar-refractivity contribution is 0.253. The number of nitrogens with one attached hydrogen (secondary N) is 2. The lowest BCUT2D eigenvalue weighted by Crippen LogP contribution is -2.40. The van der Waals surface area contributed by atoms with Crippen LogP contribution in [0.25, 0.3) is 0 Å². The van der Waals surface area contributed by atoms with Gasteiger partial charge in [-0.1, -0.05) is 0 Å². The Labute approximate surface area is 152 Å². The fraction of sp³-hybridized carbons (Fsp3) is 0.933. The molecule has 1 saturated carbocycles. The van der Waals surface area contributed by atoms with E-state index in [4.69, 9.17) is 4.99 Å². The maximum atomic E-state index is 4.71. The van der Waals surface area contributed by atoms with E-state index in [1.807, 2.05) is 11.8 Å². The topological polar surface area (TPSA) is 39.7 Å². The third kappa shape index (κ3) is 9.84. The molecule has 0 aromatic heterocycles. The summed E-state index contributed by atoms with van der Waals surface area (Å²) in [4.78, 5) is 7.17. The highest BCUT2D eigenvalue weighted by atomic mass is 127. The third-order valence-corrected chi connectivity index (χ3v) is 4.44. The van der Waals surface area contributed by atoms with Gasteiger partial charge in [0.25, 0.3) is 0 Å². The first-order chi connectivity index (χ1) is 9.69. The minimum absolute atomic E-state index is 0. The fourth-order valence-corrected chi connectivity index (χ4v) is 2.61. The molecule has 1 aliphatic carbocycles. The highest BCUT2D eigenvalue weighted by Gasteiger charge is 2.28. The van der Waals surface area contributed by atoms with Crippen molar-refractivity contribution >= 4 is 41.7 Å². The van der Waals surface area contributed by atoms with Crippen molar-refractivity contribution in [3.05, 3.63) is 0 Å². The highest BCUT2D eigenvalue weighted by Crippen LogP contribution is 2.26. The number of aliphatic imine (C=N–C) groups is 1. The zero-order valence-corrected chi connectivity index (χ0v) is 17.2. The number of likely N-dealkylation sites (N-methyl/N-ethyl adjacent to an activating group) is 1. The molecular formula is C15H33IN4S. The van der Waals surface area contributed by atoms with Gasteiger partial charge in [0.05, 0.1) is 6.54 Å². The molecule has 2 N–H and O–H groups in total. The zero-order valence-electron chi connectivity index (χ0n) is 14.0. The van der Waals surface area contributed by atoms with E-state index in [1.165, 1.54) is 31.4 Å². The lowest BCUT2D eigenvalue weighted by Gasteiger charge is -2.23. The van der Waals surface area contributed by atoms with Crippen LogP contribution in [0.2, 0.25) is 0 Å². The van der Waals surface area contributed by atoms with Gasteiger partial charge in [0.1, 0.15) is 0 Å². The molecular weight excluding hydrogens is 395 g/mol. The number of halogens is 1. The van der Waals surface area contributed by atoms with Gasteiger partial charge in [0.15, 0.2) is 5.96 Å². The van der Waals surface area contributed by atoms with E-state index in [0.717, 1.165) is 31.6 Å². The standard InChI is InChI=1S/C15H32N4S.HI/c1-5-16-15(17-10-6-7-11-20-4)18-12-13(2)19(3)14-8-9-14;/h13-14H,5-12H2,1-4H3,(H2,16,17,18);1H. The molecule has 0 saturated heterocycles. The first-order valence-electron chi connectivity index (χ1n) is 7.92. The molecule has 4 nitrogen and oxygen atoms in total. The number of nitrogens with zero attached hydrogens (tertiary/aromatic N) is 2. The highest BCUT2D eigenvalue weighted by molar-refractivity contribution is 14.0. The second-order valence-electron chi connectivity index (χ2n) is 5.59. The molecule has 0 aliphatic heterocycles. The van der Waals surface area contributed by atoms with Crippen LogP contribution in [0.15, 0.2) is 4.99 Å². The molecule has 0 spiro atoms. The van der Waals surface area contributed by atoms with Crippen LogP contribution in [0.3, 0.4) is 0 Å². The summed E-state index contributed by atoms with van der Waals surface area (Å²) in [6, 6.07) is 1.33. The van der Waals surface area contributed by atoms with Gasteiger partial charge in [-0.05, 0) is 58.6 Å². The molecule has 1 aliphatic rings. The van der Waals surface area contributed by atoms with Crippen molar-refractivity contribution in [2.24, 2.45) is 4.99 Å². The van der Waals surface area contributed by atoms with E-state index in [0.29, 0.717) is 6.04 Å². The van der Waals surface area contributed by atoms with Crippen LogP contribution in [-0.2, 0) is 0 Å². The maximum Gasteiger partial charge on any atom is 0.191 e. The summed E-state index contributed by atoms with van der Waals surface area (Å²) in [5, 5.41) is 6.76. The average molecular weight is 428 g/mol. The average Bonchev–Trinajstić information content (AvgIpc) is 3.27. The first kappa shape index (κ1) is 21.3. The lowest BCUT2D eigenvalue weighted by atomic mass is 10.3. The Kier molecular flexibility index (Phi) is 13.0. The summed E-state index contributed by atoms with van der Waals surface area (Å²) >= 11 is 1.92. The molecule has 6 heteroatoms. The molecule has 1 rings (SSSR count). The zero-order chi connectivity index (χ0) is 14.8. The van der Waals surface area contributed by atoms with Crippen molar-refractivity contribution in [1.82, 2.24) is 15.5 Å².